The Hall–Kier alpha value is -2.55. The topological polar surface area (TPSA) is 35.5 Å². The van der Waals surface area contributed by atoms with Crippen LogP contribution >= 0.6 is 0 Å². The first-order chi connectivity index (χ1) is 11.2. The number of esters is 1. The van der Waals surface area contributed by atoms with E-state index in [1.165, 1.54) is 5.56 Å². The second kappa shape index (κ2) is 8.79. The van der Waals surface area contributed by atoms with Crippen molar-refractivity contribution in [2.24, 2.45) is 5.92 Å². The summed E-state index contributed by atoms with van der Waals surface area (Å²) in [6, 6.07) is 18.1. The predicted octanol–water partition coefficient (Wildman–Crippen LogP) is 4.49. The number of ether oxygens (including phenoxy) is 2. The third-order valence-electron chi connectivity index (χ3n) is 3.49. The smallest absolute Gasteiger partial charge is 0.306 e. The molecule has 1 atom stereocenters. The lowest BCUT2D eigenvalue weighted by Gasteiger charge is -2.13. The lowest BCUT2D eigenvalue weighted by atomic mass is 10.1. The van der Waals surface area contributed by atoms with Crippen molar-refractivity contribution in [1.82, 2.24) is 0 Å². The molecule has 0 aliphatic rings. The molecule has 0 bridgehead atoms. The quantitative estimate of drug-likeness (QED) is 0.532. The van der Waals surface area contributed by atoms with E-state index in [0.29, 0.717) is 19.6 Å². The summed E-state index contributed by atoms with van der Waals surface area (Å²) in [6.07, 6.45) is 2.02. The summed E-state index contributed by atoms with van der Waals surface area (Å²) in [4.78, 5) is 11.5. The molecule has 0 radical (unpaired) electrons. The molecule has 3 heteroatoms. The molecular formula is C20H22O3. The van der Waals surface area contributed by atoms with Gasteiger partial charge in [-0.15, -0.1) is 6.58 Å². The standard InChI is InChI=1S/C20H22O3/c1-3-16(14-20(21)22-4-2)15-23-19-12-10-18(11-13-19)17-8-6-5-7-9-17/h3,5-13,16H,1,4,14-15H2,2H3. The van der Waals surface area contributed by atoms with E-state index in [-0.39, 0.29) is 11.9 Å². The number of carbonyl (C=O) groups excluding carboxylic acids is 1. The van der Waals surface area contributed by atoms with Gasteiger partial charge in [0.25, 0.3) is 0 Å². The number of carbonyl (C=O) groups is 1. The minimum atomic E-state index is -0.222. The average molecular weight is 310 g/mol. The van der Waals surface area contributed by atoms with E-state index in [1.54, 1.807) is 13.0 Å². The zero-order chi connectivity index (χ0) is 16.5. The van der Waals surface area contributed by atoms with Gasteiger partial charge in [-0.2, -0.15) is 0 Å². The summed E-state index contributed by atoms with van der Waals surface area (Å²) < 4.78 is 10.7. The fraction of sp³-hybridized carbons (Fsp3) is 0.250. The van der Waals surface area contributed by atoms with E-state index >= 15 is 0 Å². The molecule has 0 amide bonds. The zero-order valence-electron chi connectivity index (χ0n) is 13.4. The summed E-state index contributed by atoms with van der Waals surface area (Å²) in [5, 5.41) is 0. The third-order valence-corrected chi connectivity index (χ3v) is 3.49. The molecule has 0 saturated carbocycles. The van der Waals surface area contributed by atoms with E-state index in [0.717, 1.165) is 11.3 Å². The van der Waals surface area contributed by atoms with Gasteiger partial charge in [-0.3, -0.25) is 4.79 Å². The monoisotopic (exact) mass is 310 g/mol. The molecule has 0 N–H and O–H groups in total. The van der Waals surface area contributed by atoms with Gasteiger partial charge in [-0.05, 0) is 30.2 Å². The minimum absolute atomic E-state index is 0.0529. The summed E-state index contributed by atoms with van der Waals surface area (Å²) >= 11 is 0. The van der Waals surface area contributed by atoms with Crippen molar-refractivity contribution in [3.63, 3.8) is 0 Å². The number of benzene rings is 2. The summed E-state index contributed by atoms with van der Waals surface area (Å²) in [7, 11) is 0. The first-order valence-electron chi connectivity index (χ1n) is 7.79. The molecule has 3 nitrogen and oxygen atoms in total. The van der Waals surface area contributed by atoms with Crippen molar-refractivity contribution in [3.05, 3.63) is 67.3 Å². The van der Waals surface area contributed by atoms with Gasteiger partial charge >= 0.3 is 5.97 Å². The second-order valence-electron chi connectivity index (χ2n) is 5.21. The van der Waals surface area contributed by atoms with E-state index in [9.17, 15) is 4.79 Å². The molecule has 0 saturated heterocycles. The number of hydrogen-bond donors (Lipinski definition) is 0. The Bertz CT molecular complexity index is 617. The Morgan fingerprint density at radius 1 is 1.09 bits per heavy atom. The largest absolute Gasteiger partial charge is 0.493 e. The average Bonchev–Trinajstić information content (AvgIpc) is 2.60. The number of rotatable bonds is 8. The van der Waals surface area contributed by atoms with Gasteiger partial charge in [0.05, 0.1) is 19.6 Å². The molecule has 2 aromatic carbocycles. The number of hydrogen-bond acceptors (Lipinski definition) is 3. The van der Waals surface area contributed by atoms with Gasteiger partial charge < -0.3 is 9.47 Å². The Kier molecular flexibility index (Phi) is 6.42. The van der Waals surface area contributed by atoms with Crippen LogP contribution < -0.4 is 4.74 Å². The van der Waals surface area contributed by atoms with Crippen LogP contribution in [0.2, 0.25) is 0 Å². The molecule has 2 aromatic rings. The summed E-state index contributed by atoms with van der Waals surface area (Å²) in [5.74, 6) is 0.503. The molecule has 0 heterocycles. The minimum Gasteiger partial charge on any atom is -0.493 e. The van der Waals surface area contributed by atoms with Gasteiger partial charge in [-0.25, -0.2) is 0 Å². The molecule has 2 rings (SSSR count). The highest BCUT2D eigenvalue weighted by molar-refractivity contribution is 5.70. The fourth-order valence-corrected chi connectivity index (χ4v) is 2.22. The van der Waals surface area contributed by atoms with E-state index in [4.69, 9.17) is 9.47 Å². The van der Waals surface area contributed by atoms with Crippen LogP contribution in [0.3, 0.4) is 0 Å². The SMILES string of the molecule is C=CC(COc1ccc(-c2ccccc2)cc1)CC(=O)OCC. The van der Waals surface area contributed by atoms with Crippen molar-refractivity contribution in [1.29, 1.82) is 0 Å². The molecule has 23 heavy (non-hydrogen) atoms. The van der Waals surface area contributed by atoms with E-state index in [2.05, 4.69) is 18.7 Å². The van der Waals surface area contributed by atoms with Crippen LogP contribution in [-0.4, -0.2) is 19.2 Å². The van der Waals surface area contributed by atoms with Gasteiger partial charge in [0.2, 0.25) is 0 Å². The molecule has 0 aliphatic carbocycles. The van der Waals surface area contributed by atoms with Gasteiger partial charge in [0, 0.05) is 5.92 Å². The van der Waals surface area contributed by atoms with Crippen molar-refractivity contribution in [2.45, 2.75) is 13.3 Å². The maximum absolute atomic E-state index is 11.5. The van der Waals surface area contributed by atoms with Gasteiger partial charge in [0.15, 0.2) is 0 Å². The van der Waals surface area contributed by atoms with Crippen LogP contribution in [0.1, 0.15) is 13.3 Å². The summed E-state index contributed by atoms with van der Waals surface area (Å²) in [6.45, 7) is 6.35. The van der Waals surface area contributed by atoms with Crippen LogP contribution in [0.15, 0.2) is 67.3 Å². The van der Waals surface area contributed by atoms with Crippen molar-refractivity contribution < 1.29 is 14.3 Å². The lowest BCUT2D eigenvalue weighted by molar-refractivity contribution is -0.144. The summed E-state index contributed by atoms with van der Waals surface area (Å²) in [5.41, 5.74) is 2.31. The third kappa shape index (κ3) is 5.29. The molecule has 120 valence electrons. The fourth-order valence-electron chi connectivity index (χ4n) is 2.22. The highest BCUT2D eigenvalue weighted by atomic mass is 16.5. The molecule has 0 spiro atoms. The predicted molar refractivity (Wildman–Crippen MR) is 92.3 cm³/mol. The van der Waals surface area contributed by atoms with Gasteiger partial charge in [0.1, 0.15) is 5.75 Å². The van der Waals surface area contributed by atoms with Crippen LogP contribution in [-0.2, 0) is 9.53 Å². The first-order valence-corrected chi connectivity index (χ1v) is 7.79. The van der Waals surface area contributed by atoms with E-state index in [1.807, 2.05) is 42.5 Å². The Morgan fingerprint density at radius 2 is 1.74 bits per heavy atom. The molecule has 1 unspecified atom stereocenters. The highest BCUT2D eigenvalue weighted by Gasteiger charge is 2.12. The molecular weight excluding hydrogens is 288 g/mol. The van der Waals surface area contributed by atoms with Crippen molar-refractivity contribution in [3.8, 4) is 16.9 Å². The van der Waals surface area contributed by atoms with Crippen LogP contribution in [0, 0.1) is 5.92 Å². The van der Waals surface area contributed by atoms with Crippen molar-refractivity contribution in [2.75, 3.05) is 13.2 Å². The Morgan fingerprint density at radius 3 is 2.35 bits per heavy atom. The normalized spacial score (nSPS) is 11.5. The second-order valence-corrected chi connectivity index (χ2v) is 5.21. The van der Waals surface area contributed by atoms with Gasteiger partial charge in [-0.1, -0.05) is 48.5 Å². The zero-order valence-corrected chi connectivity index (χ0v) is 13.4. The van der Waals surface area contributed by atoms with E-state index < -0.39 is 0 Å². The molecule has 0 fully saturated rings. The maximum Gasteiger partial charge on any atom is 0.306 e. The maximum atomic E-state index is 11.5. The Balaban J connectivity index is 1.90. The molecule has 0 aromatic heterocycles. The lowest BCUT2D eigenvalue weighted by Crippen LogP contribution is -2.16. The van der Waals surface area contributed by atoms with Crippen molar-refractivity contribution >= 4 is 5.97 Å². The highest BCUT2D eigenvalue weighted by Crippen LogP contribution is 2.22. The van der Waals surface area contributed by atoms with Crippen LogP contribution in [0.4, 0.5) is 0 Å². The van der Waals surface area contributed by atoms with Crippen LogP contribution in [0.5, 0.6) is 5.75 Å². The molecule has 0 aliphatic heterocycles. The first kappa shape index (κ1) is 16.8. The Labute approximate surface area is 137 Å². The van der Waals surface area contributed by atoms with Crippen LogP contribution in [0.25, 0.3) is 11.1 Å².